The Hall–Kier alpha value is -3.21. The topological polar surface area (TPSA) is 120 Å². The number of aliphatic hydroxyl groups is 1. The van der Waals surface area contributed by atoms with Gasteiger partial charge in [-0.15, -0.1) is 0 Å². The number of aromatic nitrogens is 2. The zero-order valence-corrected chi connectivity index (χ0v) is 13.9. The lowest BCUT2D eigenvalue weighted by Crippen LogP contribution is -2.26. The Balaban J connectivity index is 1.55. The van der Waals surface area contributed by atoms with Crippen LogP contribution in [0.5, 0.6) is 6.01 Å². The molecule has 2 aliphatic heterocycles. The van der Waals surface area contributed by atoms with Crippen LogP contribution < -0.4 is 9.64 Å². The van der Waals surface area contributed by atoms with Crippen molar-refractivity contribution in [1.82, 2.24) is 9.55 Å². The summed E-state index contributed by atoms with van der Waals surface area (Å²) in [7, 11) is 0. The van der Waals surface area contributed by atoms with Crippen molar-refractivity contribution < 1.29 is 28.7 Å². The number of carbonyl (C=O) groups excluding carboxylic acids is 1. The van der Waals surface area contributed by atoms with E-state index in [-0.39, 0.29) is 44.0 Å². The molecule has 0 radical (unpaired) electrons. The molecule has 27 heavy (non-hydrogen) atoms. The van der Waals surface area contributed by atoms with Gasteiger partial charge in [0.05, 0.1) is 18.8 Å². The van der Waals surface area contributed by atoms with Gasteiger partial charge in [-0.2, -0.15) is 0 Å². The number of halogens is 1. The van der Waals surface area contributed by atoms with E-state index in [0.29, 0.717) is 11.3 Å². The van der Waals surface area contributed by atoms with E-state index in [1.807, 2.05) is 0 Å². The quantitative estimate of drug-likeness (QED) is 0.631. The van der Waals surface area contributed by atoms with Crippen LogP contribution in [0.3, 0.4) is 0 Å². The van der Waals surface area contributed by atoms with Gasteiger partial charge in [0.15, 0.2) is 0 Å². The van der Waals surface area contributed by atoms with Crippen molar-refractivity contribution in [3.63, 3.8) is 0 Å². The van der Waals surface area contributed by atoms with Gasteiger partial charge in [-0.3, -0.25) is 9.47 Å². The van der Waals surface area contributed by atoms with Gasteiger partial charge in [0.25, 0.3) is 0 Å². The molecule has 1 amide bonds. The molecule has 0 spiro atoms. The molecule has 142 valence electrons. The maximum Gasteiger partial charge on any atom is 0.414 e. The van der Waals surface area contributed by atoms with Crippen molar-refractivity contribution in [2.75, 3.05) is 24.7 Å². The van der Waals surface area contributed by atoms with Gasteiger partial charge < -0.3 is 24.7 Å². The summed E-state index contributed by atoms with van der Waals surface area (Å²) in [6.45, 7) is 0.248. The number of nitro groups is 1. The van der Waals surface area contributed by atoms with Gasteiger partial charge in [-0.05, 0) is 22.6 Å². The Morgan fingerprint density at radius 2 is 2.22 bits per heavy atom. The first-order chi connectivity index (χ1) is 13.0. The molecular formula is C16H15FN4O6. The Labute approximate surface area is 151 Å². The van der Waals surface area contributed by atoms with Crippen molar-refractivity contribution in [1.29, 1.82) is 0 Å². The highest BCUT2D eigenvalue weighted by molar-refractivity contribution is 5.89. The minimum Gasteiger partial charge on any atom is -0.445 e. The van der Waals surface area contributed by atoms with Gasteiger partial charge in [0.2, 0.25) is 0 Å². The van der Waals surface area contributed by atoms with Gasteiger partial charge in [0, 0.05) is 17.4 Å². The second-order valence-electron chi connectivity index (χ2n) is 6.30. The monoisotopic (exact) mass is 378 g/mol. The number of rotatable bonds is 4. The van der Waals surface area contributed by atoms with Crippen molar-refractivity contribution >= 4 is 17.6 Å². The zero-order chi connectivity index (χ0) is 19.1. The van der Waals surface area contributed by atoms with Crippen LogP contribution in [-0.4, -0.2) is 51.5 Å². The fourth-order valence-electron chi connectivity index (χ4n) is 3.22. The molecule has 0 aliphatic carbocycles. The molecule has 1 fully saturated rings. The van der Waals surface area contributed by atoms with Gasteiger partial charge in [0.1, 0.15) is 24.7 Å². The summed E-state index contributed by atoms with van der Waals surface area (Å²) in [5.74, 6) is -1.22. The molecule has 4 rings (SSSR count). The lowest BCUT2D eigenvalue weighted by atomic mass is 9.98. The molecule has 2 aromatic rings. The van der Waals surface area contributed by atoms with Gasteiger partial charge in [-0.25, -0.2) is 9.18 Å². The van der Waals surface area contributed by atoms with E-state index in [1.54, 1.807) is 12.1 Å². The van der Waals surface area contributed by atoms with Crippen molar-refractivity contribution in [3.8, 4) is 6.01 Å². The smallest absolute Gasteiger partial charge is 0.414 e. The third-order valence-electron chi connectivity index (χ3n) is 4.56. The van der Waals surface area contributed by atoms with Crippen LogP contribution in [0.2, 0.25) is 0 Å². The normalized spacial score (nSPS) is 21.6. The number of fused-ring (bicyclic) bond motifs is 1. The molecule has 11 heteroatoms. The average Bonchev–Trinajstić information content (AvgIpc) is 3.24. The van der Waals surface area contributed by atoms with E-state index >= 15 is 0 Å². The molecule has 1 aromatic heterocycles. The van der Waals surface area contributed by atoms with E-state index in [0.717, 1.165) is 0 Å². The van der Waals surface area contributed by atoms with Gasteiger partial charge in [-0.1, -0.05) is 6.07 Å². The SMILES string of the molecule is O=C1OC(CO)CN1c1ccc(C2COc3nc([N+](=O)[O-])cn3C2)c(F)c1. The Kier molecular flexibility index (Phi) is 4.15. The maximum absolute atomic E-state index is 14.7. The number of aliphatic hydroxyl groups excluding tert-OH is 1. The van der Waals surface area contributed by atoms with Crippen LogP contribution in [0.1, 0.15) is 11.5 Å². The number of amides is 1. The van der Waals surface area contributed by atoms with Crippen LogP contribution in [0.4, 0.5) is 20.7 Å². The molecule has 1 saturated heterocycles. The number of imidazole rings is 1. The molecular weight excluding hydrogens is 363 g/mol. The summed E-state index contributed by atoms with van der Waals surface area (Å²) in [5.41, 5.74) is 0.694. The third kappa shape index (κ3) is 3.05. The predicted molar refractivity (Wildman–Crippen MR) is 88.2 cm³/mol. The second-order valence-corrected chi connectivity index (χ2v) is 6.30. The van der Waals surface area contributed by atoms with E-state index in [1.165, 1.54) is 21.7 Å². The van der Waals surface area contributed by atoms with E-state index in [2.05, 4.69) is 4.98 Å². The first-order valence-electron chi connectivity index (χ1n) is 8.19. The molecule has 2 unspecified atom stereocenters. The number of ether oxygens (including phenoxy) is 2. The first kappa shape index (κ1) is 17.2. The Morgan fingerprint density at radius 1 is 1.41 bits per heavy atom. The molecule has 1 N–H and O–H groups in total. The number of hydrogen-bond acceptors (Lipinski definition) is 7. The lowest BCUT2D eigenvalue weighted by Gasteiger charge is -2.23. The van der Waals surface area contributed by atoms with Crippen LogP contribution in [-0.2, 0) is 11.3 Å². The summed E-state index contributed by atoms with van der Waals surface area (Å²) in [6.07, 6.45) is -0.0248. The third-order valence-corrected chi connectivity index (χ3v) is 4.56. The molecule has 10 nitrogen and oxygen atoms in total. The Bertz CT molecular complexity index is 916. The lowest BCUT2D eigenvalue weighted by molar-refractivity contribution is -0.389. The van der Waals surface area contributed by atoms with Crippen molar-refractivity contribution in [3.05, 3.63) is 45.9 Å². The predicted octanol–water partition coefficient (Wildman–Crippen LogP) is 1.42. The summed E-state index contributed by atoms with van der Waals surface area (Å²) in [6, 6.07) is 4.49. The van der Waals surface area contributed by atoms with E-state index in [4.69, 9.17) is 14.6 Å². The molecule has 0 bridgehead atoms. The molecule has 0 saturated carbocycles. The summed E-state index contributed by atoms with van der Waals surface area (Å²) >= 11 is 0. The Morgan fingerprint density at radius 3 is 2.89 bits per heavy atom. The summed E-state index contributed by atoms with van der Waals surface area (Å²) in [5, 5.41) is 19.9. The summed E-state index contributed by atoms with van der Waals surface area (Å²) < 4.78 is 26.5. The minimum atomic E-state index is -0.641. The molecule has 1 aromatic carbocycles. The molecule has 3 heterocycles. The highest BCUT2D eigenvalue weighted by Crippen LogP contribution is 2.32. The van der Waals surface area contributed by atoms with Crippen LogP contribution in [0.25, 0.3) is 0 Å². The number of benzene rings is 1. The van der Waals surface area contributed by atoms with Gasteiger partial charge >= 0.3 is 17.9 Å². The van der Waals surface area contributed by atoms with E-state index < -0.39 is 22.9 Å². The number of anilines is 1. The number of nitrogens with zero attached hydrogens (tertiary/aromatic N) is 4. The average molecular weight is 378 g/mol. The summed E-state index contributed by atoms with van der Waals surface area (Å²) in [4.78, 5) is 27.0. The van der Waals surface area contributed by atoms with Crippen molar-refractivity contribution in [2.24, 2.45) is 0 Å². The zero-order valence-electron chi connectivity index (χ0n) is 13.9. The van der Waals surface area contributed by atoms with Crippen LogP contribution >= 0.6 is 0 Å². The highest BCUT2D eigenvalue weighted by Gasteiger charge is 2.33. The van der Waals surface area contributed by atoms with Crippen LogP contribution in [0, 0.1) is 15.9 Å². The maximum atomic E-state index is 14.7. The highest BCUT2D eigenvalue weighted by atomic mass is 19.1. The fourth-order valence-corrected chi connectivity index (χ4v) is 3.22. The number of carbonyl (C=O) groups is 1. The van der Waals surface area contributed by atoms with Crippen LogP contribution in [0.15, 0.2) is 24.4 Å². The second kappa shape index (κ2) is 6.50. The first-order valence-corrected chi connectivity index (χ1v) is 8.19. The molecule has 2 atom stereocenters. The van der Waals surface area contributed by atoms with Crippen molar-refractivity contribution in [2.45, 2.75) is 18.6 Å². The number of cyclic esters (lactones) is 1. The fraction of sp³-hybridized carbons (Fsp3) is 0.375. The number of hydrogen-bond donors (Lipinski definition) is 1. The minimum absolute atomic E-state index is 0.128. The van der Waals surface area contributed by atoms with E-state index in [9.17, 15) is 19.3 Å². The largest absolute Gasteiger partial charge is 0.445 e. The molecule has 2 aliphatic rings. The standard InChI is InChI=1S/C16H15FN4O6/c17-13-3-10(20-5-11(7-22)27-16(20)23)1-2-12(13)9-4-19-6-14(21(24)25)18-15(19)26-8-9/h1-3,6,9,11,22H,4-5,7-8H2.